The molecule has 1 heterocycles. The summed E-state index contributed by atoms with van der Waals surface area (Å²) in [6.07, 6.45) is 0.915. The summed E-state index contributed by atoms with van der Waals surface area (Å²) >= 11 is 0. The average molecular weight is 350 g/mol. The van der Waals surface area contributed by atoms with E-state index in [1.54, 1.807) is 26.2 Å². The number of aliphatic hydroxyl groups excluding tert-OH is 1. The topological polar surface area (TPSA) is 88.1 Å². The lowest BCUT2D eigenvalue weighted by Gasteiger charge is -2.16. The van der Waals surface area contributed by atoms with Crippen molar-refractivity contribution in [1.82, 2.24) is 10.2 Å². The first kappa shape index (κ1) is 19.1. The van der Waals surface area contributed by atoms with Gasteiger partial charge in [0, 0.05) is 39.1 Å². The predicted molar refractivity (Wildman–Crippen MR) is 92.6 cm³/mol. The quantitative estimate of drug-likeness (QED) is 0.745. The van der Waals surface area contributed by atoms with E-state index in [0.717, 1.165) is 5.56 Å². The van der Waals surface area contributed by atoms with Gasteiger partial charge in [0.15, 0.2) is 11.5 Å². The van der Waals surface area contributed by atoms with Crippen molar-refractivity contribution in [1.29, 1.82) is 0 Å². The summed E-state index contributed by atoms with van der Waals surface area (Å²) in [5.74, 6) is 0.587. The van der Waals surface area contributed by atoms with Gasteiger partial charge >= 0.3 is 0 Å². The Kier molecular flexibility index (Phi) is 6.64. The van der Waals surface area contributed by atoms with Crippen molar-refractivity contribution in [2.45, 2.75) is 12.8 Å². The Labute approximate surface area is 147 Å². The van der Waals surface area contributed by atoms with Gasteiger partial charge in [-0.2, -0.15) is 0 Å². The number of hydrogen-bond donors (Lipinski definition) is 2. The van der Waals surface area contributed by atoms with E-state index in [1.807, 2.05) is 18.2 Å². The first-order chi connectivity index (χ1) is 12.0. The van der Waals surface area contributed by atoms with Gasteiger partial charge in [-0.1, -0.05) is 6.07 Å². The van der Waals surface area contributed by atoms with E-state index in [9.17, 15) is 14.7 Å². The molecule has 1 fully saturated rings. The van der Waals surface area contributed by atoms with Gasteiger partial charge in [-0.3, -0.25) is 9.59 Å². The molecular formula is C18H26N2O5. The molecule has 0 saturated carbocycles. The monoisotopic (exact) mass is 350 g/mol. The number of aryl methyl sites for hydroxylation is 1. The molecule has 1 aliphatic heterocycles. The minimum absolute atomic E-state index is 0.0142. The molecule has 7 nitrogen and oxygen atoms in total. The van der Waals surface area contributed by atoms with Gasteiger partial charge in [0.25, 0.3) is 0 Å². The van der Waals surface area contributed by atoms with Gasteiger partial charge in [-0.25, -0.2) is 0 Å². The number of nitrogens with one attached hydrogen (secondary N) is 1. The molecule has 2 rings (SSSR count). The number of methoxy groups -OCH3 is 2. The van der Waals surface area contributed by atoms with Gasteiger partial charge < -0.3 is 24.8 Å². The molecule has 2 atom stereocenters. The number of carbonyl (C=O) groups is 2. The summed E-state index contributed by atoms with van der Waals surface area (Å²) in [5, 5.41) is 12.0. The molecule has 1 aliphatic rings. The number of nitrogens with zero attached hydrogens (tertiary/aromatic N) is 1. The van der Waals surface area contributed by atoms with Crippen molar-refractivity contribution in [2.24, 2.45) is 11.8 Å². The Balaban J connectivity index is 1.95. The molecule has 0 bridgehead atoms. The van der Waals surface area contributed by atoms with Crippen LogP contribution in [0.25, 0.3) is 0 Å². The van der Waals surface area contributed by atoms with Crippen LogP contribution < -0.4 is 14.8 Å². The lowest BCUT2D eigenvalue weighted by atomic mass is 9.96. The minimum atomic E-state index is -0.347. The molecule has 0 aromatic heterocycles. The summed E-state index contributed by atoms with van der Waals surface area (Å²) in [6, 6.07) is 5.58. The molecule has 0 aliphatic carbocycles. The van der Waals surface area contributed by atoms with Crippen LogP contribution in [0, 0.1) is 11.8 Å². The fourth-order valence-corrected chi connectivity index (χ4v) is 3.19. The summed E-state index contributed by atoms with van der Waals surface area (Å²) in [6.45, 7) is 0.673. The molecule has 138 valence electrons. The van der Waals surface area contributed by atoms with E-state index in [1.165, 1.54) is 0 Å². The van der Waals surface area contributed by atoms with Gasteiger partial charge in [0.2, 0.25) is 11.8 Å². The van der Waals surface area contributed by atoms with Crippen molar-refractivity contribution >= 4 is 11.8 Å². The molecule has 25 heavy (non-hydrogen) atoms. The number of ether oxygens (including phenoxy) is 2. The largest absolute Gasteiger partial charge is 0.493 e. The van der Waals surface area contributed by atoms with Crippen LogP contribution in [0.2, 0.25) is 0 Å². The molecule has 1 aromatic carbocycles. The Morgan fingerprint density at radius 1 is 1.24 bits per heavy atom. The van der Waals surface area contributed by atoms with Crippen molar-refractivity contribution in [2.75, 3.05) is 41.0 Å². The molecule has 0 unspecified atom stereocenters. The van der Waals surface area contributed by atoms with Crippen LogP contribution in [0.3, 0.4) is 0 Å². The summed E-state index contributed by atoms with van der Waals surface area (Å²) in [5.41, 5.74) is 0.978. The number of carbonyl (C=O) groups excluding carboxylic acids is 2. The summed E-state index contributed by atoms with van der Waals surface area (Å²) < 4.78 is 10.5. The van der Waals surface area contributed by atoms with Gasteiger partial charge in [0.1, 0.15) is 0 Å². The minimum Gasteiger partial charge on any atom is -0.493 e. The van der Waals surface area contributed by atoms with Gasteiger partial charge in [-0.05, 0) is 24.1 Å². The third kappa shape index (κ3) is 4.42. The van der Waals surface area contributed by atoms with Crippen LogP contribution in [0.4, 0.5) is 0 Å². The second-order valence-corrected chi connectivity index (χ2v) is 6.15. The highest BCUT2D eigenvalue weighted by Gasteiger charge is 2.38. The second kappa shape index (κ2) is 8.71. The molecule has 2 amide bonds. The molecule has 0 spiro atoms. The first-order valence-corrected chi connectivity index (χ1v) is 8.35. The van der Waals surface area contributed by atoms with Crippen molar-refractivity contribution in [3.05, 3.63) is 23.8 Å². The highest BCUT2D eigenvalue weighted by molar-refractivity contribution is 5.82. The highest BCUT2D eigenvalue weighted by Crippen LogP contribution is 2.28. The molecule has 1 saturated heterocycles. The zero-order chi connectivity index (χ0) is 18.4. The van der Waals surface area contributed by atoms with E-state index in [4.69, 9.17) is 9.47 Å². The van der Waals surface area contributed by atoms with Crippen molar-refractivity contribution in [3.8, 4) is 11.5 Å². The molecular weight excluding hydrogens is 324 g/mol. The van der Waals surface area contributed by atoms with E-state index in [-0.39, 0.29) is 30.3 Å². The summed E-state index contributed by atoms with van der Waals surface area (Å²) in [7, 11) is 4.72. The summed E-state index contributed by atoms with van der Waals surface area (Å²) in [4.78, 5) is 26.0. The zero-order valence-corrected chi connectivity index (χ0v) is 14.9. The normalized spacial score (nSPS) is 19.6. The molecule has 2 N–H and O–H groups in total. The highest BCUT2D eigenvalue weighted by atomic mass is 16.5. The maximum absolute atomic E-state index is 12.5. The van der Waals surface area contributed by atoms with Crippen molar-refractivity contribution in [3.63, 3.8) is 0 Å². The van der Waals surface area contributed by atoms with Crippen LogP contribution in [0.1, 0.15) is 12.0 Å². The number of aliphatic hydroxyl groups is 1. The Hall–Kier alpha value is -2.28. The third-order valence-electron chi connectivity index (χ3n) is 4.69. The predicted octanol–water partition coefficient (Wildman–Crippen LogP) is 0.449. The van der Waals surface area contributed by atoms with Crippen LogP contribution >= 0.6 is 0 Å². The lowest BCUT2D eigenvalue weighted by Crippen LogP contribution is -2.34. The Morgan fingerprint density at radius 2 is 1.96 bits per heavy atom. The number of rotatable bonds is 7. The van der Waals surface area contributed by atoms with Crippen LogP contribution in [-0.4, -0.2) is 62.8 Å². The fourth-order valence-electron chi connectivity index (χ4n) is 3.19. The van der Waals surface area contributed by atoms with E-state index >= 15 is 0 Å². The maximum atomic E-state index is 12.5. The molecule has 1 aromatic rings. The average Bonchev–Trinajstić information content (AvgIpc) is 3.09. The molecule has 7 heteroatoms. The zero-order valence-electron chi connectivity index (χ0n) is 14.9. The van der Waals surface area contributed by atoms with E-state index in [0.29, 0.717) is 37.4 Å². The van der Waals surface area contributed by atoms with Gasteiger partial charge in [0.05, 0.1) is 20.1 Å². The first-order valence-electron chi connectivity index (χ1n) is 8.35. The van der Waals surface area contributed by atoms with E-state index < -0.39 is 0 Å². The van der Waals surface area contributed by atoms with E-state index in [2.05, 4.69) is 5.32 Å². The van der Waals surface area contributed by atoms with Crippen LogP contribution in [0.5, 0.6) is 11.5 Å². The molecule has 0 radical (unpaired) electrons. The number of hydrogen-bond acceptors (Lipinski definition) is 5. The smallest absolute Gasteiger partial charge is 0.225 e. The SMILES string of the molecule is CNC(=O)[C@@H]1CN(C(=O)CCc2ccc(OC)c(OC)c2)C[C@H]1CO. The standard InChI is InChI=1S/C18H26N2O5/c1-19-18(23)14-10-20(9-13(14)11-21)17(22)7-5-12-4-6-15(24-2)16(8-12)25-3/h4,6,8,13-14,21H,5,7,9-11H2,1-3H3,(H,19,23)/t13-,14+/m0/s1. The number of amides is 2. The van der Waals surface area contributed by atoms with Crippen molar-refractivity contribution < 1.29 is 24.2 Å². The van der Waals surface area contributed by atoms with Crippen LogP contribution in [0.15, 0.2) is 18.2 Å². The Morgan fingerprint density at radius 3 is 2.56 bits per heavy atom. The Bertz CT molecular complexity index is 619. The third-order valence-corrected chi connectivity index (χ3v) is 4.69. The van der Waals surface area contributed by atoms with Crippen LogP contribution in [-0.2, 0) is 16.0 Å². The second-order valence-electron chi connectivity index (χ2n) is 6.15. The fraction of sp³-hybridized carbons (Fsp3) is 0.556. The number of likely N-dealkylation sites (tertiary alicyclic amines) is 1. The maximum Gasteiger partial charge on any atom is 0.225 e. The van der Waals surface area contributed by atoms with Gasteiger partial charge in [-0.15, -0.1) is 0 Å². The number of benzene rings is 1. The lowest BCUT2D eigenvalue weighted by molar-refractivity contribution is -0.130.